The summed E-state index contributed by atoms with van der Waals surface area (Å²) >= 11 is 0. The van der Waals surface area contributed by atoms with Crippen LogP contribution in [-0.4, -0.2) is 4.98 Å². The molecule has 70 valence electrons. The maximum absolute atomic E-state index is 10.8. The van der Waals surface area contributed by atoms with Crippen LogP contribution in [0.1, 0.15) is 31.2 Å². The van der Waals surface area contributed by atoms with Gasteiger partial charge in [0.1, 0.15) is 0 Å². The molecule has 1 aromatic heterocycles. The van der Waals surface area contributed by atoms with E-state index >= 15 is 0 Å². The van der Waals surface area contributed by atoms with Gasteiger partial charge in [-0.3, -0.25) is 4.79 Å². The lowest BCUT2D eigenvalue weighted by atomic mass is 9.91. The van der Waals surface area contributed by atoms with E-state index in [0.717, 1.165) is 18.4 Å². The summed E-state index contributed by atoms with van der Waals surface area (Å²) < 4.78 is 0. The predicted octanol–water partition coefficient (Wildman–Crippen LogP) is 1.10. The molecule has 0 bridgehead atoms. The van der Waals surface area contributed by atoms with Crippen LogP contribution in [0.3, 0.4) is 0 Å². The van der Waals surface area contributed by atoms with Gasteiger partial charge in [-0.1, -0.05) is 18.9 Å². The first-order valence-corrected chi connectivity index (χ1v) is 4.69. The third kappa shape index (κ3) is 1.52. The number of rotatable bonds is 1. The molecule has 1 aliphatic carbocycles. The molecule has 2 rings (SSSR count). The summed E-state index contributed by atoms with van der Waals surface area (Å²) in [7, 11) is 0. The largest absolute Gasteiger partial charge is 0.329 e. The van der Waals surface area contributed by atoms with Gasteiger partial charge in [0.25, 0.3) is 0 Å². The van der Waals surface area contributed by atoms with E-state index in [9.17, 15) is 4.79 Å². The summed E-state index contributed by atoms with van der Waals surface area (Å²) in [5.74, 6) is 0. The highest BCUT2D eigenvalue weighted by atomic mass is 16.1. The van der Waals surface area contributed by atoms with Gasteiger partial charge in [0.05, 0.1) is 0 Å². The van der Waals surface area contributed by atoms with Crippen LogP contribution < -0.4 is 11.3 Å². The smallest absolute Gasteiger partial charge is 0.247 e. The van der Waals surface area contributed by atoms with Crippen molar-refractivity contribution in [1.29, 1.82) is 0 Å². The van der Waals surface area contributed by atoms with Crippen molar-refractivity contribution in [3.05, 3.63) is 34.2 Å². The zero-order chi connectivity index (χ0) is 9.31. The molecule has 0 atom stereocenters. The first-order valence-electron chi connectivity index (χ1n) is 4.69. The Morgan fingerprint density at radius 2 is 2.00 bits per heavy atom. The minimum atomic E-state index is -0.190. The molecule has 3 nitrogen and oxygen atoms in total. The van der Waals surface area contributed by atoms with Crippen LogP contribution in [0.15, 0.2) is 23.1 Å². The van der Waals surface area contributed by atoms with Gasteiger partial charge in [0.2, 0.25) is 5.56 Å². The molecule has 0 saturated heterocycles. The molecule has 0 amide bonds. The fourth-order valence-electron chi connectivity index (χ4n) is 2.01. The van der Waals surface area contributed by atoms with Gasteiger partial charge in [-0.15, -0.1) is 0 Å². The van der Waals surface area contributed by atoms with Crippen molar-refractivity contribution >= 4 is 0 Å². The molecule has 1 fully saturated rings. The third-order valence-corrected chi connectivity index (χ3v) is 2.85. The molecule has 1 aromatic rings. The highest BCUT2D eigenvalue weighted by molar-refractivity contribution is 5.21. The lowest BCUT2D eigenvalue weighted by molar-refractivity contribution is 0.460. The number of hydrogen-bond acceptors (Lipinski definition) is 2. The summed E-state index contributed by atoms with van der Waals surface area (Å²) in [5, 5.41) is 0. The highest BCUT2D eigenvalue weighted by Crippen LogP contribution is 2.35. The van der Waals surface area contributed by atoms with Crippen LogP contribution >= 0.6 is 0 Å². The first kappa shape index (κ1) is 8.51. The minimum Gasteiger partial charge on any atom is -0.329 e. The minimum absolute atomic E-state index is 0.0645. The summed E-state index contributed by atoms with van der Waals surface area (Å²) in [6, 6.07) is 3.38. The molecule has 3 heteroatoms. The standard InChI is InChI=1S/C10H14N2O/c11-10(5-1-2-6-10)8-3-4-9(13)12-7-8/h3-4,7H,1-2,5-6,11H2,(H,12,13). The second kappa shape index (κ2) is 3.00. The van der Waals surface area contributed by atoms with Gasteiger partial charge < -0.3 is 10.7 Å². The molecule has 13 heavy (non-hydrogen) atoms. The van der Waals surface area contributed by atoms with E-state index in [4.69, 9.17) is 5.73 Å². The fraction of sp³-hybridized carbons (Fsp3) is 0.500. The van der Waals surface area contributed by atoms with Gasteiger partial charge in [-0.2, -0.15) is 0 Å². The average molecular weight is 178 g/mol. The monoisotopic (exact) mass is 178 g/mol. The lowest BCUT2D eigenvalue weighted by Crippen LogP contribution is -2.33. The zero-order valence-corrected chi connectivity index (χ0v) is 7.55. The second-order valence-corrected chi connectivity index (χ2v) is 3.80. The molecule has 0 aromatic carbocycles. The lowest BCUT2D eigenvalue weighted by Gasteiger charge is -2.23. The number of nitrogens with two attached hydrogens (primary N) is 1. The topological polar surface area (TPSA) is 58.9 Å². The van der Waals surface area contributed by atoms with E-state index in [0.29, 0.717) is 0 Å². The van der Waals surface area contributed by atoms with E-state index in [2.05, 4.69) is 4.98 Å². The molecule has 3 N–H and O–H groups in total. The number of aromatic amines is 1. The van der Waals surface area contributed by atoms with Crippen molar-refractivity contribution in [3.8, 4) is 0 Å². The van der Waals surface area contributed by atoms with E-state index in [-0.39, 0.29) is 11.1 Å². The molecular weight excluding hydrogens is 164 g/mol. The van der Waals surface area contributed by atoms with E-state index < -0.39 is 0 Å². The normalized spacial score (nSPS) is 20.4. The van der Waals surface area contributed by atoms with Gasteiger partial charge in [0, 0.05) is 17.8 Å². The van der Waals surface area contributed by atoms with Crippen molar-refractivity contribution in [1.82, 2.24) is 4.98 Å². The number of nitrogens with one attached hydrogen (secondary N) is 1. The van der Waals surface area contributed by atoms with E-state index in [1.165, 1.54) is 12.8 Å². The zero-order valence-electron chi connectivity index (χ0n) is 7.55. The van der Waals surface area contributed by atoms with Crippen molar-refractivity contribution in [2.24, 2.45) is 5.73 Å². The Labute approximate surface area is 77.0 Å². The fourth-order valence-corrected chi connectivity index (χ4v) is 2.01. The van der Waals surface area contributed by atoms with Crippen LogP contribution in [0.2, 0.25) is 0 Å². The van der Waals surface area contributed by atoms with Gasteiger partial charge in [-0.25, -0.2) is 0 Å². The number of hydrogen-bond donors (Lipinski definition) is 2. The molecule has 1 saturated carbocycles. The molecule has 1 aliphatic rings. The van der Waals surface area contributed by atoms with Crippen LogP contribution in [0.25, 0.3) is 0 Å². The Bertz CT molecular complexity index is 330. The Morgan fingerprint density at radius 3 is 2.54 bits per heavy atom. The Kier molecular flexibility index (Phi) is 1.96. The van der Waals surface area contributed by atoms with Crippen molar-refractivity contribution < 1.29 is 0 Å². The Balaban J connectivity index is 2.34. The molecule has 0 aliphatic heterocycles. The highest BCUT2D eigenvalue weighted by Gasteiger charge is 2.30. The predicted molar refractivity (Wildman–Crippen MR) is 51.4 cm³/mol. The van der Waals surface area contributed by atoms with Crippen LogP contribution in [-0.2, 0) is 5.54 Å². The quantitative estimate of drug-likeness (QED) is 0.676. The molecule has 1 heterocycles. The Hall–Kier alpha value is -1.09. The first-order chi connectivity index (χ1) is 6.21. The Morgan fingerprint density at radius 1 is 1.31 bits per heavy atom. The van der Waals surface area contributed by atoms with E-state index in [1.807, 2.05) is 6.07 Å². The van der Waals surface area contributed by atoms with E-state index in [1.54, 1.807) is 12.3 Å². The third-order valence-electron chi connectivity index (χ3n) is 2.85. The van der Waals surface area contributed by atoms with Gasteiger partial charge >= 0.3 is 0 Å². The van der Waals surface area contributed by atoms with Crippen molar-refractivity contribution in [2.45, 2.75) is 31.2 Å². The maximum atomic E-state index is 10.8. The summed E-state index contributed by atoms with van der Waals surface area (Å²) in [6.45, 7) is 0. The molecular formula is C10H14N2O. The van der Waals surface area contributed by atoms with Crippen LogP contribution in [0, 0.1) is 0 Å². The molecule has 0 unspecified atom stereocenters. The average Bonchev–Trinajstić information content (AvgIpc) is 2.54. The maximum Gasteiger partial charge on any atom is 0.247 e. The van der Waals surface area contributed by atoms with Crippen LogP contribution in [0.4, 0.5) is 0 Å². The number of H-pyrrole nitrogens is 1. The van der Waals surface area contributed by atoms with Crippen molar-refractivity contribution in [3.63, 3.8) is 0 Å². The van der Waals surface area contributed by atoms with Crippen molar-refractivity contribution in [2.75, 3.05) is 0 Å². The number of pyridine rings is 1. The van der Waals surface area contributed by atoms with Gasteiger partial charge in [-0.05, 0) is 18.4 Å². The van der Waals surface area contributed by atoms with Gasteiger partial charge in [0.15, 0.2) is 0 Å². The molecule has 0 spiro atoms. The summed E-state index contributed by atoms with van der Waals surface area (Å²) in [4.78, 5) is 13.5. The van der Waals surface area contributed by atoms with Crippen LogP contribution in [0.5, 0.6) is 0 Å². The SMILES string of the molecule is NC1(c2ccc(=O)[nH]c2)CCCC1. The number of aromatic nitrogens is 1. The summed E-state index contributed by atoms with van der Waals surface area (Å²) in [6.07, 6.45) is 6.18. The second-order valence-electron chi connectivity index (χ2n) is 3.80. The molecule has 0 radical (unpaired) electrons. The summed E-state index contributed by atoms with van der Waals surface area (Å²) in [5.41, 5.74) is 7.01.